The fraction of sp³-hybridized carbons (Fsp3) is 0.533. The number of nitrogens with one attached hydrogen (secondary N) is 1. The molecule has 0 bridgehead atoms. The molecule has 2 atom stereocenters. The third-order valence-electron chi connectivity index (χ3n) is 5.04. The minimum atomic E-state index is -4.45. The van der Waals surface area contributed by atoms with Gasteiger partial charge in [0.2, 0.25) is 0 Å². The van der Waals surface area contributed by atoms with Crippen LogP contribution in [0.15, 0.2) is 12.4 Å². The zero-order valence-corrected chi connectivity index (χ0v) is 13.0. The molecule has 1 amide bonds. The molecule has 9 heteroatoms. The third kappa shape index (κ3) is 2.22. The van der Waals surface area contributed by atoms with Crippen molar-refractivity contribution in [1.82, 2.24) is 24.6 Å². The lowest BCUT2D eigenvalue weighted by molar-refractivity contribution is -0.141. The summed E-state index contributed by atoms with van der Waals surface area (Å²) in [7, 11) is 1.74. The van der Waals surface area contributed by atoms with Crippen LogP contribution >= 0.6 is 0 Å². The second-order valence-corrected chi connectivity index (χ2v) is 6.44. The minimum absolute atomic E-state index is 0.124. The minimum Gasteiger partial charge on any atom is -0.335 e. The number of fused-ring (bicyclic) bond motifs is 3. The summed E-state index contributed by atoms with van der Waals surface area (Å²) < 4.78 is 40.7. The van der Waals surface area contributed by atoms with Crippen molar-refractivity contribution >= 4 is 5.91 Å². The Morgan fingerprint density at radius 2 is 2.17 bits per heavy atom. The molecule has 1 saturated heterocycles. The number of rotatable bonds is 1. The van der Waals surface area contributed by atoms with Crippen LogP contribution in [0.3, 0.4) is 0 Å². The quantitative estimate of drug-likeness (QED) is 0.864. The Kier molecular flexibility index (Phi) is 3.23. The Bertz CT molecular complexity index is 793. The van der Waals surface area contributed by atoms with Crippen molar-refractivity contribution in [3.8, 4) is 0 Å². The summed E-state index contributed by atoms with van der Waals surface area (Å²) in [6, 6.07) is 0. The van der Waals surface area contributed by atoms with E-state index in [1.54, 1.807) is 28.9 Å². The van der Waals surface area contributed by atoms with Crippen molar-refractivity contribution in [3.63, 3.8) is 0 Å². The summed E-state index contributed by atoms with van der Waals surface area (Å²) in [4.78, 5) is 18.3. The smallest absolute Gasteiger partial charge is 0.335 e. The second-order valence-electron chi connectivity index (χ2n) is 6.44. The van der Waals surface area contributed by atoms with Gasteiger partial charge < -0.3 is 9.47 Å². The molecule has 24 heavy (non-hydrogen) atoms. The summed E-state index contributed by atoms with van der Waals surface area (Å²) >= 11 is 0. The average Bonchev–Trinajstić information content (AvgIpc) is 3.21. The maximum Gasteiger partial charge on any atom is 0.435 e. The summed E-state index contributed by atoms with van der Waals surface area (Å²) in [5.74, 6) is 0.188. The van der Waals surface area contributed by atoms with E-state index in [1.165, 1.54) is 0 Å². The first-order chi connectivity index (χ1) is 11.4. The third-order valence-corrected chi connectivity index (χ3v) is 5.04. The monoisotopic (exact) mass is 339 g/mol. The molecule has 0 unspecified atom stereocenters. The van der Waals surface area contributed by atoms with Gasteiger partial charge >= 0.3 is 6.18 Å². The molecule has 0 aromatic carbocycles. The van der Waals surface area contributed by atoms with Crippen molar-refractivity contribution in [2.45, 2.75) is 24.9 Å². The number of aryl methyl sites for hydroxylation is 1. The van der Waals surface area contributed by atoms with Gasteiger partial charge in [0, 0.05) is 49.7 Å². The molecule has 1 aliphatic heterocycles. The first kappa shape index (κ1) is 15.2. The van der Waals surface area contributed by atoms with E-state index >= 15 is 0 Å². The van der Waals surface area contributed by atoms with E-state index in [1.807, 2.05) is 0 Å². The molecule has 1 aliphatic carbocycles. The van der Waals surface area contributed by atoms with E-state index in [0.717, 1.165) is 0 Å². The Hall–Kier alpha value is -2.32. The van der Waals surface area contributed by atoms with Crippen LogP contribution in [0.5, 0.6) is 0 Å². The molecule has 2 aromatic rings. The average molecular weight is 339 g/mol. The van der Waals surface area contributed by atoms with Gasteiger partial charge in [-0.05, 0) is 18.8 Å². The van der Waals surface area contributed by atoms with Gasteiger partial charge in [0.25, 0.3) is 5.91 Å². The zero-order valence-electron chi connectivity index (χ0n) is 13.0. The highest BCUT2D eigenvalue weighted by Crippen LogP contribution is 2.44. The van der Waals surface area contributed by atoms with E-state index in [0.29, 0.717) is 37.4 Å². The molecule has 3 heterocycles. The molecule has 0 saturated carbocycles. The number of hydrogen-bond acceptors (Lipinski definition) is 3. The first-order valence-corrected chi connectivity index (χ1v) is 7.77. The van der Waals surface area contributed by atoms with Crippen LogP contribution in [0.25, 0.3) is 0 Å². The molecule has 4 rings (SSSR count). The normalized spacial score (nSPS) is 23.2. The number of H-pyrrole nitrogens is 1. The lowest BCUT2D eigenvalue weighted by atomic mass is 9.80. The largest absolute Gasteiger partial charge is 0.435 e. The van der Waals surface area contributed by atoms with E-state index in [2.05, 4.69) is 15.2 Å². The summed E-state index contributed by atoms with van der Waals surface area (Å²) in [5.41, 5.74) is -0.0198. The van der Waals surface area contributed by atoms with Gasteiger partial charge in [-0.3, -0.25) is 9.89 Å². The van der Waals surface area contributed by atoms with Crippen LogP contribution in [0.4, 0.5) is 13.2 Å². The lowest BCUT2D eigenvalue weighted by Gasteiger charge is -2.24. The molecule has 1 N–H and O–H groups in total. The number of nitrogens with zero attached hydrogens (tertiary/aromatic N) is 4. The number of aromatic amines is 1. The van der Waals surface area contributed by atoms with Crippen LogP contribution in [-0.2, 0) is 19.6 Å². The number of imidazole rings is 1. The standard InChI is InChI=1S/C15H16F3N5O/c1-22-5-4-19-13(22)14(24)23-6-8-2-3-9-11(10(8)7-23)20-21-12(9)15(16,17)18/h4-5,8,10H,2-3,6-7H2,1H3,(H,20,21)/t8-,10+/m1/s1. The maximum atomic E-state index is 13.0. The number of likely N-dealkylation sites (tertiary alicyclic amines) is 1. The van der Waals surface area contributed by atoms with Crippen LogP contribution in [0.2, 0.25) is 0 Å². The highest BCUT2D eigenvalue weighted by molar-refractivity contribution is 5.91. The van der Waals surface area contributed by atoms with Crippen molar-refractivity contribution in [2.75, 3.05) is 13.1 Å². The number of carbonyl (C=O) groups is 1. The van der Waals surface area contributed by atoms with Crippen molar-refractivity contribution < 1.29 is 18.0 Å². The Morgan fingerprint density at radius 1 is 1.38 bits per heavy atom. The number of carbonyl (C=O) groups excluding carboxylic acids is 1. The Labute approximate surface area is 135 Å². The summed E-state index contributed by atoms with van der Waals surface area (Å²) in [5, 5.41) is 6.07. The van der Waals surface area contributed by atoms with Crippen LogP contribution < -0.4 is 0 Å². The van der Waals surface area contributed by atoms with Crippen LogP contribution in [0, 0.1) is 5.92 Å². The molecule has 2 aliphatic rings. The molecule has 6 nitrogen and oxygen atoms in total. The predicted octanol–water partition coefficient (Wildman–Crippen LogP) is 1.96. The summed E-state index contributed by atoms with van der Waals surface area (Å²) in [6.45, 7) is 0.930. The topological polar surface area (TPSA) is 66.8 Å². The van der Waals surface area contributed by atoms with Gasteiger partial charge in [-0.25, -0.2) is 4.98 Å². The predicted molar refractivity (Wildman–Crippen MR) is 77.3 cm³/mol. The molecule has 1 fully saturated rings. The number of amides is 1. The van der Waals surface area contributed by atoms with Gasteiger partial charge in [-0.2, -0.15) is 18.3 Å². The van der Waals surface area contributed by atoms with E-state index < -0.39 is 11.9 Å². The SMILES string of the molecule is Cn1ccnc1C(=O)N1C[C@H]2CCc3c(C(F)(F)F)n[nH]c3[C@H]2C1. The van der Waals surface area contributed by atoms with E-state index in [9.17, 15) is 18.0 Å². The fourth-order valence-corrected chi connectivity index (χ4v) is 3.87. The first-order valence-electron chi connectivity index (χ1n) is 7.77. The van der Waals surface area contributed by atoms with E-state index in [-0.39, 0.29) is 23.3 Å². The lowest BCUT2D eigenvalue weighted by Crippen LogP contribution is -2.31. The fourth-order valence-electron chi connectivity index (χ4n) is 3.87. The number of hydrogen-bond donors (Lipinski definition) is 1. The van der Waals surface area contributed by atoms with Crippen molar-refractivity contribution in [2.24, 2.45) is 13.0 Å². The molecule has 0 radical (unpaired) electrons. The number of alkyl halides is 3. The number of halogens is 3. The van der Waals surface area contributed by atoms with Crippen LogP contribution in [-0.4, -0.2) is 43.6 Å². The Balaban J connectivity index is 1.61. The summed E-state index contributed by atoms with van der Waals surface area (Å²) in [6.07, 6.45) is -0.229. The van der Waals surface area contributed by atoms with Gasteiger partial charge in [-0.15, -0.1) is 0 Å². The Morgan fingerprint density at radius 3 is 2.83 bits per heavy atom. The molecular formula is C15H16F3N5O. The second kappa shape index (κ2) is 5.09. The highest BCUT2D eigenvalue weighted by atomic mass is 19.4. The zero-order chi connectivity index (χ0) is 17.1. The van der Waals surface area contributed by atoms with E-state index in [4.69, 9.17) is 0 Å². The molecule has 0 spiro atoms. The molecule has 2 aromatic heterocycles. The van der Waals surface area contributed by atoms with Gasteiger partial charge in [0.1, 0.15) is 0 Å². The van der Waals surface area contributed by atoms with Crippen molar-refractivity contribution in [3.05, 3.63) is 35.2 Å². The number of aromatic nitrogens is 4. The molecule has 128 valence electrons. The highest BCUT2D eigenvalue weighted by Gasteiger charge is 2.46. The maximum absolute atomic E-state index is 13.0. The van der Waals surface area contributed by atoms with Gasteiger partial charge in [0.05, 0.1) is 0 Å². The van der Waals surface area contributed by atoms with Crippen LogP contribution in [0.1, 0.15) is 39.9 Å². The van der Waals surface area contributed by atoms with Gasteiger partial charge in [-0.1, -0.05) is 0 Å². The molecular weight excluding hydrogens is 323 g/mol. The van der Waals surface area contributed by atoms with Crippen molar-refractivity contribution in [1.29, 1.82) is 0 Å². The van der Waals surface area contributed by atoms with Gasteiger partial charge in [0.15, 0.2) is 11.5 Å².